The Morgan fingerprint density at radius 1 is 1.39 bits per heavy atom. The van der Waals surface area contributed by atoms with Crippen LogP contribution in [0.1, 0.15) is 22.6 Å². The standard InChI is InChI=1S/C15H16F3N3OS/c1-20-14(6-5-11-12(8-14)23-13(19)21-11)9-3-2-4-10(7-9)22-15(16,17)18/h2-4,7,20H,5-6,8H2,1H3,(H2,19,21). The molecule has 2 aromatic rings. The first kappa shape index (κ1) is 16.1. The van der Waals surface area contributed by atoms with Gasteiger partial charge in [-0.2, -0.15) is 0 Å². The van der Waals surface area contributed by atoms with Gasteiger partial charge in [0.25, 0.3) is 0 Å². The van der Waals surface area contributed by atoms with Crippen molar-refractivity contribution in [1.82, 2.24) is 10.3 Å². The van der Waals surface area contributed by atoms with Crippen LogP contribution < -0.4 is 15.8 Å². The van der Waals surface area contributed by atoms with Crippen molar-refractivity contribution in [1.29, 1.82) is 0 Å². The molecule has 0 saturated heterocycles. The Kier molecular flexibility index (Phi) is 3.97. The lowest BCUT2D eigenvalue weighted by Crippen LogP contribution is -2.44. The topological polar surface area (TPSA) is 60.2 Å². The number of likely N-dealkylation sites (N-methyl/N-ethyl adjacent to an activating group) is 1. The highest BCUT2D eigenvalue weighted by molar-refractivity contribution is 7.15. The number of ether oxygens (including phenoxy) is 1. The van der Waals surface area contributed by atoms with Crippen molar-refractivity contribution in [2.24, 2.45) is 0 Å². The minimum absolute atomic E-state index is 0.209. The van der Waals surface area contributed by atoms with E-state index in [0.717, 1.165) is 29.0 Å². The van der Waals surface area contributed by atoms with E-state index in [1.54, 1.807) is 6.07 Å². The highest BCUT2D eigenvalue weighted by Gasteiger charge is 2.37. The zero-order valence-corrected chi connectivity index (χ0v) is 13.2. The molecule has 1 heterocycles. The number of nitrogens with zero attached hydrogens (tertiary/aromatic N) is 1. The first-order valence-electron chi connectivity index (χ1n) is 7.10. The number of nitrogens with one attached hydrogen (secondary N) is 1. The van der Waals surface area contributed by atoms with Gasteiger partial charge in [-0.1, -0.05) is 12.1 Å². The molecule has 4 nitrogen and oxygen atoms in total. The summed E-state index contributed by atoms with van der Waals surface area (Å²) >= 11 is 1.43. The summed E-state index contributed by atoms with van der Waals surface area (Å²) in [7, 11) is 1.81. The van der Waals surface area contributed by atoms with Crippen molar-refractivity contribution in [3.05, 3.63) is 40.4 Å². The fourth-order valence-corrected chi connectivity index (χ4v) is 4.02. The lowest BCUT2D eigenvalue weighted by atomic mass is 9.78. The second kappa shape index (κ2) is 5.68. The van der Waals surface area contributed by atoms with E-state index < -0.39 is 11.9 Å². The second-order valence-corrected chi connectivity index (χ2v) is 6.62. The first-order valence-corrected chi connectivity index (χ1v) is 7.92. The molecule has 3 N–H and O–H groups in total. The number of aromatic nitrogens is 1. The maximum absolute atomic E-state index is 12.4. The van der Waals surface area contributed by atoms with Crippen molar-refractivity contribution in [2.75, 3.05) is 12.8 Å². The van der Waals surface area contributed by atoms with Crippen LogP contribution in [0.3, 0.4) is 0 Å². The highest BCUT2D eigenvalue weighted by atomic mass is 32.1. The fraction of sp³-hybridized carbons (Fsp3) is 0.400. The molecule has 124 valence electrons. The van der Waals surface area contributed by atoms with Crippen LogP contribution in [0.4, 0.5) is 18.3 Å². The first-order chi connectivity index (χ1) is 10.8. The Balaban J connectivity index is 1.94. The van der Waals surface area contributed by atoms with Crippen LogP contribution in [0.25, 0.3) is 0 Å². The number of nitrogens with two attached hydrogens (primary N) is 1. The zero-order chi connectivity index (χ0) is 16.7. The summed E-state index contributed by atoms with van der Waals surface area (Å²) in [5.74, 6) is -0.209. The third-order valence-corrected chi connectivity index (χ3v) is 5.07. The van der Waals surface area contributed by atoms with Crippen LogP contribution in [-0.2, 0) is 18.4 Å². The molecule has 0 fully saturated rings. The van der Waals surface area contributed by atoms with Crippen molar-refractivity contribution < 1.29 is 17.9 Å². The summed E-state index contributed by atoms with van der Waals surface area (Å²) in [6.45, 7) is 0. The number of rotatable bonds is 3. The minimum Gasteiger partial charge on any atom is -0.406 e. The van der Waals surface area contributed by atoms with Crippen molar-refractivity contribution in [3.8, 4) is 5.75 Å². The molecule has 1 aromatic heterocycles. The zero-order valence-electron chi connectivity index (χ0n) is 12.4. The predicted octanol–water partition coefficient (Wildman–Crippen LogP) is 3.23. The van der Waals surface area contributed by atoms with Gasteiger partial charge in [0, 0.05) is 16.8 Å². The van der Waals surface area contributed by atoms with Gasteiger partial charge in [0.1, 0.15) is 5.75 Å². The smallest absolute Gasteiger partial charge is 0.406 e. The summed E-state index contributed by atoms with van der Waals surface area (Å²) in [6, 6.07) is 6.14. The number of alkyl halides is 3. The van der Waals surface area contributed by atoms with E-state index in [1.807, 2.05) is 13.1 Å². The molecule has 1 unspecified atom stereocenters. The van der Waals surface area contributed by atoms with Crippen LogP contribution >= 0.6 is 11.3 Å². The van der Waals surface area contributed by atoms with Gasteiger partial charge >= 0.3 is 6.36 Å². The van der Waals surface area contributed by atoms with Gasteiger partial charge in [0.05, 0.1) is 5.69 Å². The summed E-state index contributed by atoms with van der Waals surface area (Å²) in [6.07, 6.45) is -2.59. The molecular formula is C15H16F3N3OS. The number of thiazole rings is 1. The third-order valence-electron chi connectivity index (χ3n) is 4.14. The van der Waals surface area contributed by atoms with Crippen molar-refractivity contribution in [3.63, 3.8) is 0 Å². The monoisotopic (exact) mass is 343 g/mol. The fourth-order valence-electron chi connectivity index (χ4n) is 3.03. The average Bonchev–Trinajstić information content (AvgIpc) is 2.84. The van der Waals surface area contributed by atoms with Crippen LogP contribution in [-0.4, -0.2) is 18.4 Å². The summed E-state index contributed by atoms with van der Waals surface area (Å²) in [5.41, 5.74) is 7.07. The Labute approximate surface area is 135 Å². The number of fused-ring (bicyclic) bond motifs is 1. The average molecular weight is 343 g/mol. The second-order valence-electron chi connectivity index (χ2n) is 5.51. The Morgan fingerprint density at radius 3 is 2.87 bits per heavy atom. The Bertz CT molecular complexity index is 716. The van der Waals surface area contributed by atoms with E-state index in [0.29, 0.717) is 11.6 Å². The van der Waals surface area contributed by atoms with Crippen molar-refractivity contribution >= 4 is 16.5 Å². The van der Waals surface area contributed by atoms with Gasteiger partial charge in [-0.3, -0.25) is 0 Å². The van der Waals surface area contributed by atoms with Gasteiger partial charge in [0.2, 0.25) is 0 Å². The lowest BCUT2D eigenvalue weighted by molar-refractivity contribution is -0.274. The van der Waals surface area contributed by atoms with E-state index in [1.165, 1.54) is 23.5 Å². The van der Waals surface area contributed by atoms with Crippen LogP contribution in [0.2, 0.25) is 0 Å². The number of halogens is 3. The van der Waals surface area contributed by atoms with E-state index in [2.05, 4.69) is 15.0 Å². The molecule has 1 aromatic carbocycles. The molecule has 23 heavy (non-hydrogen) atoms. The summed E-state index contributed by atoms with van der Waals surface area (Å²) in [5, 5.41) is 3.80. The predicted molar refractivity (Wildman–Crippen MR) is 82.4 cm³/mol. The lowest BCUT2D eigenvalue weighted by Gasteiger charge is -2.37. The molecule has 0 spiro atoms. The summed E-state index contributed by atoms with van der Waals surface area (Å²) < 4.78 is 41.3. The largest absolute Gasteiger partial charge is 0.573 e. The normalized spacial score (nSPS) is 21.0. The molecule has 1 aliphatic rings. The molecule has 0 amide bonds. The Hall–Kier alpha value is -1.80. The molecule has 3 rings (SSSR count). The minimum atomic E-state index is -4.70. The van der Waals surface area contributed by atoms with Gasteiger partial charge < -0.3 is 15.8 Å². The third kappa shape index (κ3) is 3.28. The van der Waals surface area contributed by atoms with E-state index in [9.17, 15) is 13.2 Å². The highest BCUT2D eigenvalue weighted by Crippen LogP contribution is 2.40. The molecule has 0 saturated carbocycles. The number of anilines is 1. The maximum atomic E-state index is 12.4. The Morgan fingerprint density at radius 2 is 2.17 bits per heavy atom. The van der Waals surface area contributed by atoms with E-state index in [-0.39, 0.29) is 5.75 Å². The molecule has 0 radical (unpaired) electrons. The number of aryl methyl sites for hydroxylation is 1. The van der Waals surface area contributed by atoms with Crippen LogP contribution in [0, 0.1) is 0 Å². The number of benzene rings is 1. The van der Waals surface area contributed by atoms with Gasteiger partial charge in [-0.05, 0) is 37.6 Å². The molecule has 8 heteroatoms. The SMILES string of the molecule is CNC1(c2cccc(OC(F)(F)F)c2)CCc2nc(N)sc2C1. The molecule has 1 atom stereocenters. The number of nitrogen functional groups attached to an aromatic ring is 1. The van der Waals surface area contributed by atoms with E-state index in [4.69, 9.17) is 5.73 Å². The van der Waals surface area contributed by atoms with Gasteiger partial charge in [-0.25, -0.2) is 4.98 Å². The molecule has 1 aliphatic carbocycles. The number of hydrogen-bond donors (Lipinski definition) is 2. The van der Waals surface area contributed by atoms with Crippen LogP contribution in [0.15, 0.2) is 24.3 Å². The number of hydrogen-bond acceptors (Lipinski definition) is 5. The van der Waals surface area contributed by atoms with Crippen LogP contribution in [0.5, 0.6) is 5.75 Å². The molecular weight excluding hydrogens is 327 g/mol. The van der Waals surface area contributed by atoms with Gasteiger partial charge in [0.15, 0.2) is 5.13 Å². The maximum Gasteiger partial charge on any atom is 0.573 e. The van der Waals surface area contributed by atoms with Gasteiger partial charge in [-0.15, -0.1) is 24.5 Å². The molecule has 0 aliphatic heterocycles. The van der Waals surface area contributed by atoms with Crippen molar-refractivity contribution in [2.45, 2.75) is 31.2 Å². The molecule has 0 bridgehead atoms. The van der Waals surface area contributed by atoms with E-state index >= 15 is 0 Å². The summed E-state index contributed by atoms with van der Waals surface area (Å²) in [4.78, 5) is 5.38. The quantitative estimate of drug-likeness (QED) is 0.898.